The van der Waals surface area contributed by atoms with Crippen molar-refractivity contribution in [1.29, 1.82) is 0 Å². The summed E-state index contributed by atoms with van der Waals surface area (Å²) < 4.78 is 15.0. The Morgan fingerprint density at radius 1 is 1.05 bits per heavy atom. The number of hydrogen-bond acceptors (Lipinski definition) is 5. The van der Waals surface area contributed by atoms with Crippen LogP contribution in [0.5, 0.6) is 5.75 Å². The number of hydrogen-bond donors (Lipinski definition) is 0. The van der Waals surface area contributed by atoms with Gasteiger partial charge in [-0.25, -0.2) is 9.59 Å². The summed E-state index contributed by atoms with van der Waals surface area (Å²) in [5, 5.41) is 0. The molecule has 0 bridgehead atoms. The van der Waals surface area contributed by atoms with Crippen LogP contribution < -0.4 is 4.74 Å². The molecule has 122 valence electrons. The highest BCUT2D eigenvalue weighted by Gasteiger charge is 2.24. The van der Waals surface area contributed by atoms with E-state index in [0.29, 0.717) is 5.56 Å². The summed E-state index contributed by atoms with van der Waals surface area (Å²) in [4.78, 5) is 23.8. The zero-order valence-corrected chi connectivity index (χ0v) is 14.1. The third-order valence-corrected chi connectivity index (χ3v) is 3.08. The lowest BCUT2D eigenvalue weighted by atomic mass is 9.85. The highest BCUT2D eigenvalue weighted by atomic mass is 16.7. The molecule has 0 amide bonds. The second-order valence-electron chi connectivity index (χ2n) is 5.93. The normalized spacial score (nSPS) is 11.0. The van der Waals surface area contributed by atoms with Gasteiger partial charge in [-0.3, -0.25) is 0 Å². The van der Waals surface area contributed by atoms with Crippen LogP contribution in [0.3, 0.4) is 0 Å². The Morgan fingerprint density at radius 2 is 1.64 bits per heavy atom. The van der Waals surface area contributed by atoms with Crippen molar-refractivity contribution in [2.24, 2.45) is 0 Å². The van der Waals surface area contributed by atoms with Gasteiger partial charge in [0.25, 0.3) is 0 Å². The van der Waals surface area contributed by atoms with Gasteiger partial charge in [-0.05, 0) is 43.4 Å². The molecule has 5 heteroatoms. The first-order chi connectivity index (χ1) is 10.2. The molecule has 0 aliphatic carbocycles. The highest BCUT2D eigenvalue weighted by Crippen LogP contribution is 2.32. The van der Waals surface area contributed by atoms with Gasteiger partial charge in [0.05, 0.1) is 13.2 Å². The average molecular weight is 308 g/mol. The number of benzene rings is 1. The molecule has 1 aromatic carbocycles. The first-order valence-corrected chi connectivity index (χ1v) is 7.37. The Bertz CT molecular complexity index is 555. The summed E-state index contributed by atoms with van der Waals surface area (Å²) in [5.74, 6) is -0.333. The van der Waals surface area contributed by atoms with Gasteiger partial charge in [0, 0.05) is 0 Å². The third kappa shape index (κ3) is 4.48. The largest absolute Gasteiger partial charge is 0.513 e. The predicted octanol–water partition coefficient (Wildman–Crippen LogP) is 4.00. The molecule has 22 heavy (non-hydrogen) atoms. The minimum absolute atomic E-state index is 0.144. The Morgan fingerprint density at radius 3 is 2.14 bits per heavy atom. The van der Waals surface area contributed by atoms with E-state index in [-0.39, 0.29) is 29.9 Å². The molecule has 0 aromatic heterocycles. The van der Waals surface area contributed by atoms with E-state index in [1.807, 2.05) is 26.8 Å². The quantitative estimate of drug-likeness (QED) is 0.621. The monoisotopic (exact) mass is 308 g/mol. The number of carbonyl (C=O) groups is 2. The van der Waals surface area contributed by atoms with Crippen LogP contribution in [0.15, 0.2) is 12.1 Å². The van der Waals surface area contributed by atoms with Crippen LogP contribution in [-0.2, 0) is 14.9 Å². The average Bonchev–Trinajstić information content (AvgIpc) is 2.40. The van der Waals surface area contributed by atoms with Crippen molar-refractivity contribution >= 4 is 12.1 Å². The Hall–Kier alpha value is -2.04. The maximum Gasteiger partial charge on any atom is 0.513 e. The molecule has 0 aliphatic rings. The standard InChI is InChI=1S/C17H24O5/c1-7-20-15(18)13-10-12(17(4,5)6)9-11(3)14(13)22-16(19)21-8-2/h9-10H,7-8H2,1-6H3. The molecule has 0 saturated heterocycles. The zero-order valence-electron chi connectivity index (χ0n) is 14.1. The molecule has 1 rings (SSSR count). The first-order valence-electron chi connectivity index (χ1n) is 7.37. The summed E-state index contributed by atoms with van der Waals surface area (Å²) >= 11 is 0. The Balaban J connectivity index is 3.34. The van der Waals surface area contributed by atoms with Gasteiger partial charge < -0.3 is 14.2 Å². The van der Waals surface area contributed by atoms with E-state index in [4.69, 9.17) is 14.2 Å². The van der Waals surface area contributed by atoms with Gasteiger partial charge in [-0.2, -0.15) is 0 Å². The predicted molar refractivity (Wildman–Crippen MR) is 83.5 cm³/mol. The maximum absolute atomic E-state index is 12.2. The number of aryl methyl sites for hydroxylation is 1. The lowest BCUT2D eigenvalue weighted by Gasteiger charge is -2.22. The van der Waals surface area contributed by atoms with Gasteiger partial charge in [0.1, 0.15) is 5.56 Å². The smallest absolute Gasteiger partial charge is 0.462 e. The summed E-state index contributed by atoms with van der Waals surface area (Å²) in [6, 6.07) is 3.61. The summed E-state index contributed by atoms with van der Waals surface area (Å²) in [5.41, 5.74) is 1.74. The van der Waals surface area contributed by atoms with Gasteiger partial charge in [0.15, 0.2) is 5.75 Å². The molecule has 0 unspecified atom stereocenters. The van der Waals surface area contributed by atoms with Gasteiger partial charge in [-0.15, -0.1) is 0 Å². The third-order valence-electron chi connectivity index (χ3n) is 3.08. The fourth-order valence-electron chi connectivity index (χ4n) is 1.93. The van der Waals surface area contributed by atoms with Crippen molar-refractivity contribution < 1.29 is 23.8 Å². The van der Waals surface area contributed by atoms with Crippen molar-refractivity contribution in [1.82, 2.24) is 0 Å². The lowest BCUT2D eigenvalue weighted by molar-refractivity contribution is 0.0520. The van der Waals surface area contributed by atoms with E-state index in [1.54, 1.807) is 26.8 Å². The van der Waals surface area contributed by atoms with Crippen LogP contribution in [0.2, 0.25) is 0 Å². The van der Waals surface area contributed by atoms with E-state index < -0.39 is 12.1 Å². The van der Waals surface area contributed by atoms with Crippen molar-refractivity contribution in [3.05, 3.63) is 28.8 Å². The highest BCUT2D eigenvalue weighted by molar-refractivity contribution is 5.94. The zero-order chi connectivity index (χ0) is 16.9. The fourth-order valence-corrected chi connectivity index (χ4v) is 1.93. The van der Waals surface area contributed by atoms with Gasteiger partial charge >= 0.3 is 12.1 Å². The summed E-state index contributed by atoms with van der Waals surface area (Å²) in [7, 11) is 0. The van der Waals surface area contributed by atoms with Crippen LogP contribution >= 0.6 is 0 Å². The molecular formula is C17H24O5. The molecule has 5 nitrogen and oxygen atoms in total. The van der Waals surface area contributed by atoms with E-state index in [0.717, 1.165) is 5.56 Å². The van der Waals surface area contributed by atoms with Crippen molar-refractivity contribution in [3.8, 4) is 5.75 Å². The number of rotatable bonds is 4. The Kier molecular flexibility index (Phi) is 5.97. The molecule has 0 aliphatic heterocycles. The topological polar surface area (TPSA) is 61.8 Å². The van der Waals surface area contributed by atoms with E-state index in [9.17, 15) is 9.59 Å². The van der Waals surface area contributed by atoms with Crippen LogP contribution in [0.25, 0.3) is 0 Å². The molecular weight excluding hydrogens is 284 g/mol. The number of carbonyl (C=O) groups excluding carboxylic acids is 2. The van der Waals surface area contributed by atoms with Gasteiger partial charge in [-0.1, -0.05) is 26.8 Å². The molecule has 0 fully saturated rings. The first kappa shape index (κ1) is 18.0. The number of ether oxygens (including phenoxy) is 3. The second-order valence-corrected chi connectivity index (χ2v) is 5.93. The van der Waals surface area contributed by atoms with E-state index in [1.165, 1.54) is 0 Å². The molecule has 0 spiro atoms. The van der Waals surface area contributed by atoms with Crippen LogP contribution in [0.4, 0.5) is 4.79 Å². The SMILES string of the molecule is CCOC(=O)Oc1c(C)cc(C(C)(C)C)cc1C(=O)OCC. The lowest BCUT2D eigenvalue weighted by Crippen LogP contribution is -2.18. The maximum atomic E-state index is 12.2. The Labute approximate surface area is 131 Å². The second kappa shape index (κ2) is 7.29. The van der Waals surface area contributed by atoms with Crippen LogP contribution in [0.1, 0.15) is 56.1 Å². The summed E-state index contributed by atoms with van der Waals surface area (Å²) in [6.07, 6.45) is -0.834. The van der Waals surface area contributed by atoms with E-state index in [2.05, 4.69) is 0 Å². The van der Waals surface area contributed by atoms with Crippen molar-refractivity contribution in [2.45, 2.75) is 47.0 Å². The van der Waals surface area contributed by atoms with Crippen molar-refractivity contribution in [2.75, 3.05) is 13.2 Å². The molecule has 0 saturated carbocycles. The molecule has 1 aromatic rings. The molecule has 0 radical (unpaired) electrons. The molecule has 0 heterocycles. The van der Waals surface area contributed by atoms with Crippen LogP contribution in [-0.4, -0.2) is 25.3 Å². The van der Waals surface area contributed by atoms with Gasteiger partial charge in [0.2, 0.25) is 0 Å². The number of esters is 1. The van der Waals surface area contributed by atoms with Crippen LogP contribution in [0, 0.1) is 6.92 Å². The fraction of sp³-hybridized carbons (Fsp3) is 0.529. The summed E-state index contributed by atoms with van der Waals surface area (Å²) in [6.45, 7) is 11.8. The van der Waals surface area contributed by atoms with Crippen molar-refractivity contribution in [3.63, 3.8) is 0 Å². The molecule has 0 atom stereocenters. The minimum atomic E-state index is -0.834. The minimum Gasteiger partial charge on any atom is -0.462 e. The van der Waals surface area contributed by atoms with E-state index >= 15 is 0 Å². The molecule has 0 N–H and O–H groups in total.